The molecular formula is C42H75NO12S. The Balaban J connectivity index is 2.72. The summed E-state index contributed by atoms with van der Waals surface area (Å²) in [4.78, 5) is 13.0. The van der Waals surface area contributed by atoms with Gasteiger partial charge in [-0.3, -0.25) is 9.35 Å². The molecule has 8 atom stereocenters. The van der Waals surface area contributed by atoms with Crippen LogP contribution in [0.3, 0.4) is 0 Å². The van der Waals surface area contributed by atoms with Crippen molar-refractivity contribution in [2.75, 3.05) is 13.2 Å². The second kappa shape index (κ2) is 32.9. The summed E-state index contributed by atoms with van der Waals surface area (Å²) in [6.45, 7) is 3.12. The van der Waals surface area contributed by atoms with Crippen LogP contribution in [0.1, 0.15) is 149 Å². The first-order valence-corrected chi connectivity index (χ1v) is 22.5. The number of allylic oxidation sites excluding steroid dienone is 7. The molecule has 14 heteroatoms. The zero-order valence-electron chi connectivity index (χ0n) is 34.0. The molecule has 13 nitrogen and oxygen atoms in total. The lowest BCUT2D eigenvalue weighted by molar-refractivity contribution is -0.298. The highest BCUT2D eigenvalue weighted by Gasteiger charge is 2.48. The summed E-state index contributed by atoms with van der Waals surface area (Å²) in [5.41, 5.74) is 0. The monoisotopic (exact) mass is 818 g/mol. The predicted molar refractivity (Wildman–Crippen MR) is 219 cm³/mol. The van der Waals surface area contributed by atoms with Crippen molar-refractivity contribution in [2.45, 2.75) is 198 Å². The Morgan fingerprint density at radius 3 is 1.71 bits per heavy atom. The van der Waals surface area contributed by atoms with E-state index in [1.807, 2.05) is 0 Å². The Hall–Kier alpha value is -1.98. The fourth-order valence-electron chi connectivity index (χ4n) is 6.25. The van der Waals surface area contributed by atoms with Crippen LogP contribution in [0, 0.1) is 0 Å². The van der Waals surface area contributed by atoms with Gasteiger partial charge in [-0.15, -0.1) is 0 Å². The van der Waals surface area contributed by atoms with Gasteiger partial charge in [-0.2, -0.15) is 8.42 Å². The fourth-order valence-corrected chi connectivity index (χ4v) is 6.76. The molecule has 1 heterocycles. The van der Waals surface area contributed by atoms with E-state index in [0.717, 1.165) is 44.9 Å². The molecule has 8 unspecified atom stereocenters. The summed E-state index contributed by atoms with van der Waals surface area (Å²) in [5, 5.41) is 54.9. The van der Waals surface area contributed by atoms with Crippen LogP contribution in [-0.2, 0) is 28.9 Å². The average molecular weight is 818 g/mol. The second-order valence-corrected chi connectivity index (χ2v) is 15.7. The van der Waals surface area contributed by atoms with Gasteiger partial charge in [0.1, 0.15) is 30.5 Å². The molecule has 1 saturated heterocycles. The highest BCUT2D eigenvalue weighted by molar-refractivity contribution is 7.80. The summed E-state index contributed by atoms with van der Waals surface area (Å²) < 4.78 is 47.3. The molecular weight excluding hydrogens is 743 g/mol. The number of carbonyl (C=O) groups is 1. The zero-order valence-corrected chi connectivity index (χ0v) is 34.9. The summed E-state index contributed by atoms with van der Waals surface area (Å²) in [6.07, 6.45) is 26.4. The van der Waals surface area contributed by atoms with Gasteiger partial charge in [0, 0.05) is 0 Å². The van der Waals surface area contributed by atoms with Crippen LogP contribution in [0.5, 0.6) is 0 Å². The first-order chi connectivity index (χ1) is 26.9. The highest BCUT2D eigenvalue weighted by Crippen LogP contribution is 2.26. The summed E-state index contributed by atoms with van der Waals surface area (Å²) in [7, 11) is -5.12. The van der Waals surface area contributed by atoms with E-state index in [2.05, 4.69) is 59.8 Å². The number of hydrogen-bond acceptors (Lipinski definition) is 11. The van der Waals surface area contributed by atoms with Gasteiger partial charge >= 0.3 is 10.4 Å². The molecule has 0 saturated carbocycles. The van der Waals surface area contributed by atoms with Crippen molar-refractivity contribution in [3.63, 3.8) is 0 Å². The molecule has 1 amide bonds. The average Bonchev–Trinajstić information content (AvgIpc) is 3.16. The Kier molecular flexibility index (Phi) is 30.6. The van der Waals surface area contributed by atoms with Gasteiger partial charge in [-0.05, 0) is 70.6 Å². The minimum absolute atomic E-state index is 0.201. The quantitative estimate of drug-likeness (QED) is 0.0217. The van der Waals surface area contributed by atoms with E-state index in [1.165, 1.54) is 76.7 Å². The summed E-state index contributed by atoms with van der Waals surface area (Å²) >= 11 is 0. The van der Waals surface area contributed by atoms with Crippen molar-refractivity contribution < 1.29 is 57.0 Å². The van der Waals surface area contributed by atoms with Crippen molar-refractivity contribution in [1.29, 1.82) is 0 Å². The SMILES string of the molecule is CCCCCCC/C=C/CC/C=C/CC/C=C/C(O)C(COC1OC(CO)C(O)C(OS(=O)(=O)O)C1O)NC(=O)C(O)CCCC/C=C\CCCCCCCC. The van der Waals surface area contributed by atoms with E-state index in [-0.39, 0.29) is 6.42 Å². The Bertz CT molecular complexity index is 1210. The van der Waals surface area contributed by atoms with Crippen molar-refractivity contribution in [2.24, 2.45) is 0 Å². The van der Waals surface area contributed by atoms with E-state index in [0.29, 0.717) is 12.8 Å². The van der Waals surface area contributed by atoms with E-state index < -0.39 is 78.5 Å². The van der Waals surface area contributed by atoms with Gasteiger partial charge in [-0.25, -0.2) is 4.18 Å². The first-order valence-electron chi connectivity index (χ1n) is 21.1. The molecule has 0 aromatic rings. The molecule has 0 spiro atoms. The Morgan fingerprint density at radius 1 is 0.714 bits per heavy atom. The maximum atomic E-state index is 13.0. The molecule has 0 radical (unpaired) electrons. The van der Waals surface area contributed by atoms with Crippen LogP contribution in [-0.4, -0.2) is 107 Å². The van der Waals surface area contributed by atoms with Crippen LogP contribution in [0.15, 0.2) is 48.6 Å². The number of carbonyl (C=O) groups excluding carboxylic acids is 1. The molecule has 0 bridgehead atoms. The van der Waals surface area contributed by atoms with Crippen LogP contribution in [0.2, 0.25) is 0 Å². The fraction of sp³-hybridized carbons (Fsp3) is 0.786. The van der Waals surface area contributed by atoms with Gasteiger partial charge in [0.05, 0.1) is 25.4 Å². The molecule has 7 N–H and O–H groups in total. The van der Waals surface area contributed by atoms with Crippen LogP contribution in [0.4, 0.5) is 0 Å². The van der Waals surface area contributed by atoms with Gasteiger partial charge in [0.2, 0.25) is 5.91 Å². The molecule has 326 valence electrons. The van der Waals surface area contributed by atoms with Crippen molar-refractivity contribution in [3.05, 3.63) is 48.6 Å². The molecule has 1 aliphatic rings. The van der Waals surface area contributed by atoms with Crippen LogP contribution in [0.25, 0.3) is 0 Å². The molecule has 1 aliphatic heterocycles. The molecule has 0 aromatic carbocycles. The second-order valence-electron chi connectivity index (χ2n) is 14.7. The zero-order chi connectivity index (χ0) is 41.4. The molecule has 0 aromatic heterocycles. The summed E-state index contributed by atoms with van der Waals surface area (Å²) in [6, 6.07) is -1.15. The first kappa shape index (κ1) is 52.0. The van der Waals surface area contributed by atoms with Gasteiger partial charge in [0.15, 0.2) is 6.29 Å². The third-order valence-electron chi connectivity index (χ3n) is 9.67. The van der Waals surface area contributed by atoms with Gasteiger partial charge in [0.25, 0.3) is 0 Å². The lowest BCUT2D eigenvalue weighted by Gasteiger charge is -2.41. The number of amides is 1. The number of unbranched alkanes of at least 4 members (excludes halogenated alkanes) is 15. The third-order valence-corrected chi connectivity index (χ3v) is 10.1. The number of aliphatic hydroxyl groups excluding tert-OH is 5. The predicted octanol–water partition coefficient (Wildman–Crippen LogP) is 6.29. The molecule has 1 fully saturated rings. The maximum Gasteiger partial charge on any atom is 0.397 e. The van der Waals surface area contributed by atoms with Crippen molar-refractivity contribution >= 4 is 16.3 Å². The molecule has 1 rings (SSSR count). The van der Waals surface area contributed by atoms with Crippen LogP contribution >= 0.6 is 0 Å². The minimum Gasteiger partial charge on any atom is -0.394 e. The number of aliphatic hydroxyl groups is 5. The number of ether oxygens (including phenoxy) is 2. The number of nitrogens with one attached hydrogen (secondary N) is 1. The van der Waals surface area contributed by atoms with E-state index in [4.69, 9.17) is 14.0 Å². The van der Waals surface area contributed by atoms with E-state index in [1.54, 1.807) is 6.08 Å². The third kappa shape index (κ3) is 25.4. The molecule has 0 aliphatic carbocycles. The van der Waals surface area contributed by atoms with Gasteiger partial charge < -0.3 is 40.3 Å². The van der Waals surface area contributed by atoms with E-state index >= 15 is 0 Å². The summed E-state index contributed by atoms with van der Waals surface area (Å²) in [5.74, 6) is -0.737. The minimum atomic E-state index is -5.12. The Labute approximate surface area is 337 Å². The normalized spacial score (nSPS) is 22.5. The topological polar surface area (TPSA) is 212 Å². The number of rotatable bonds is 34. The molecule has 56 heavy (non-hydrogen) atoms. The lowest BCUT2D eigenvalue weighted by atomic mass is 9.99. The maximum absolute atomic E-state index is 13.0. The number of hydrogen-bond donors (Lipinski definition) is 7. The van der Waals surface area contributed by atoms with Gasteiger partial charge in [-0.1, -0.05) is 127 Å². The van der Waals surface area contributed by atoms with Crippen LogP contribution < -0.4 is 5.32 Å². The Morgan fingerprint density at radius 2 is 1.20 bits per heavy atom. The van der Waals surface area contributed by atoms with Crippen molar-refractivity contribution in [3.8, 4) is 0 Å². The standard InChI is InChI=1S/C42H75NO12S/c1-3-5-7-9-11-13-15-17-18-19-21-22-24-26-28-30-35(45)34(33-53-42-39(48)40(55-56(50,51)52)38(47)37(32-44)54-42)43-41(49)36(46)31-29-27-25-23-20-16-14-12-10-8-6-4-2/h15,17,20-23,28,30,34-40,42,44-48H,3-14,16,18-19,24-27,29,31-33H2,1-2H3,(H,43,49)(H,50,51,52)/b17-15+,22-21+,23-20-,30-28+. The largest absolute Gasteiger partial charge is 0.397 e. The highest BCUT2D eigenvalue weighted by atomic mass is 32.3. The van der Waals surface area contributed by atoms with Crippen molar-refractivity contribution in [1.82, 2.24) is 5.32 Å². The van der Waals surface area contributed by atoms with E-state index in [9.17, 15) is 38.7 Å². The smallest absolute Gasteiger partial charge is 0.394 e. The lowest BCUT2D eigenvalue weighted by Crippen LogP contribution is -2.61.